The van der Waals surface area contributed by atoms with E-state index in [1.807, 2.05) is 67.6 Å². The number of nitrogens with one attached hydrogen (secondary N) is 2. The summed E-state index contributed by atoms with van der Waals surface area (Å²) in [4.78, 5) is 24.7. The van der Waals surface area contributed by atoms with Crippen LogP contribution in [0.2, 0.25) is 0 Å². The van der Waals surface area contributed by atoms with Crippen LogP contribution in [0.3, 0.4) is 0 Å². The van der Waals surface area contributed by atoms with E-state index in [9.17, 15) is 9.59 Å². The second-order valence-electron chi connectivity index (χ2n) is 8.48. The van der Waals surface area contributed by atoms with Crippen molar-refractivity contribution in [3.8, 4) is 11.5 Å². The van der Waals surface area contributed by atoms with Gasteiger partial charge >= 0.3 is 12.0 Å². The van der Waals surface area contributed by atoms with E-state index < -0.39 is 6.04 Å². The van der Waals surface area contributed by atoms with Gasteiger partial charge in [0.15, 0.2) is 0 Å². The molecule has 4 rings (SSSR count). The predicted octanol–water partition coefficient (Wildman–Crippen LogP) is 4.49. The van der Waals surface area contributed by atoms with Crippen molar-refractivity contribution in [2.24, 2.45) is 11.8 Å². The third-order valence-corrected chi connectivity index (χ3v) is 6.13. The maximum Gasteiger partial charge on any atom is 0.315 e. The van der Waals surface area contributed by atoms with Crippen molar-refractivity contribution in [3.05, 3.63) is 72.1 Å². The molecule has 34 heavy (non-hydrogen) atoms. The van der Waals surface area contributed by atoms with Crippen LogP contribution in [0.5, 0.6) is 0 Å². The minimum Gasteiger partial charge on any atom is -0.466 e. The highest BCUT2D eigenvalue weighted by Crippen LogP contribution is 2.29. The Hall–Kier alpha value is -3.68. The molecule has 1 heterocycles. The minimum absolute atomic E-state index is 0.0242. The van der Waals surface area contributed by atoms with Gasteiger partial charge in [-0.25, -0.2) is 4.79 Å². The number of hydrogen-bond acceptors (Lipinski definition) is 6. The van der Waals surface area contributed by atoms with Gasteiger partial charge < -0.3 is 19.8 Å². The molecule has 0 saturated heterocycles. The lowest BCUT2D eigenvalue weighted by Gasteiger charge is -2.27. The maximum atomic E-state index is 12.8. The Balaban J connectivity index is 1.37. The van der Waals surface area contributed by atoms with Crippen LogP contribution >= 0.6 is 0 Å². The van der Waals surface area contributed by atoms with Crippen molar-refractivity contribution in [2.45, 2.75) is 38.6 Å². The van der Waals surface area contributed by atoms with E-state index in [4.69, 9.17) is 9.15 Å². The van der Waals surface area contributed by atoms with Gasteiger partial charge in [-0.1, -0.05) is 48.5 Å². The highest BCUT2D eigenvalue weighted by molar-refractivity contribution is 5.75. The van der Waals surface area contributed by atoms with Crippen molar-refractivity contribution >= 4 is 12.0 Å². The Labute approximate surface area is 199 Å². The third-order valence-electron chi connectivity index (χ3n) is 6.13. The molecule has 1 atom stereocenters. The first-order valence-corrected chi connectivity index (χ1v) is 11.8. The van der Waals surface area contributed by atoms with E-state index in [1.54, 1.807) is 0 Å². The van der Waals surface area contributed by atoms with E-state index in [1.165, 1.54) is 0 Å². The van der Waals surface area contributed by atoms with Crippen LogP contribution in [0, 0.1) is 11.8 Å². The molecule has 0 bridgehead atoms. The molecule has 1 saturated carbocycles. The lowest BCUT2D eigenvalue weighted by molar-refractivity contribution is -0.149. The summed E-state index contributed by atoms with van der Waals surface area (Å²) in [6.07, 6.45) is 3.36. The molecule has 1 aromatic heterocycles. The number of hydrogen-bond donors (Lipinski definition) is 2. The van der Waals surface area contributed by atoms with Crippen LogP contribution < -0.4 is 10.6 Å². The number of carbonyl (C=O) groups excluding carboxylic acids is 2. The van der Waals surface area contributed by atoms with Crippen molar-refractivity contribution in [3.63, 3.8) is 0 Å². The molecular formula is C26H30N4O4. The van der Waals surface area contributed by atoms with Gasteiger partial charge in [-0.3, -0.25) is 4.79 Å². The summed E-state index contributed by atoms with van der Waals surface area (Å²) in [5, 5.41) is 14.3. The number of amides is 2. The first-order chi connectivity index (χ1) is 16.6. The Morgan fingerprint density at radius 3 is 2.35 bits per heavy atom. The highest BCUT2D eigenvalue weighted by atomic mass is 16.5. The quantitative estimate of drug-likeness (QED) is 0.478. The predicted molar refractivity (Wildman–Crippen MR) is 127 cm³/mol. The summed E-state index contributed by atoms with van der Waals surface area (Å²) in [7, 11) is 0. The molecular weight excluding hydrogens is 432 g/mol. The summed E-state index contributed by atoms with van der Waals surface area (Å²) < 4.78 is 11.1. The Bertz CT molecular complexity index is 1060. The molecule has 8 heteroatoms. The number of aromatic nitrogens is 2. The van der Waals surface area contributed by atoms with Crippen LogP contribution in [0.15, 0.2) is 65.1 Å². The summed E-state index contributed by atoms with van der Waals surface area (Å²) in [5.41, 5.74) is 1.66. The second kappa shape index (κ2) is 11.4. The average Bonchev–Trinajstić information content (AvgIpc) is 3.38. The van der Waals surface area contributed by atoms with Gasteiger partial charge in [-0.15, -0.1) is 10.2 Å². The molecule has 1 fully saturated rings. The molecule has 3 aromatic rings. The fourth-order valence-electron chi connectivity index (χ4n) is 4.26. The van der Waals surface area contributed by atoms with Crippen molar-refractivity contribution in [1.29, 1.82) is 0 Å². The molecule has 1 aliphatic rings. The zero-order chi connectivity index (χ0) is 23.8. The summed E-state index contributed by atoms with van der Waals surface area (Å²) in [6.45, 7) is 2.78. The number of benzene rings is 2. The van der Waals surface area contributed by atoms with Crippen molar-refractivity contribution in [2.75, 3.05) is 13.2 Å². The molecule has 0 radical (unpaired) electrons. The average molecular weight is 463 g/mol. The SMILES string of the molecule is CCOC(=O)C1CCC(CNC(=O)NC(c2ccccc2)c2nnc(-c3ccccc3)o2)CC1. The Kier molecular flexibility index (Phi) is 7.91. The van der Waals surface area contributed by atoms with Crippen LogP contribution in [0.25, 0.3) is 11.5 Å². The zero-order valence-electron chi connectivity index (χ0n) is 19.3. The number of rotatable bonds is 8. The molecule has 1 unspecified atom stereocenters. The van der Waals surface area contributed by atoms with Crippen molar-refractivity contribution < 1.29 is 18.7 Å². The second-order valence-corrected chi connectivity index (χ2v) is 8.48. The smallest absolute Gasteiger partial charge is 0.315 e. The summed E-state index contributed by atoms with van der Waals surface area (Å²) >= 11 is 0. The monoisotopic (exact) mass is 462 g/mol. The minimum atomic E-state index is -0.578. The molecule has 1 aliphatic carbocycles. The molecule has 2 amide bonds. The first kappa shape index (κ1) is 23.5. The van der Waals surface area contributed by atoms with Crippen LogP contribution in [-0.2, 0) is 9.53 Å². The number of carbonyl (C=O) groups is 2. The van der Waals surface area contributed by atoms with E-state index in [0.29, 0.717) is 30.9 Å². The molecule has 2 aromatic carbocycles. The summed E-state index contributed by atoms with van der Waals surface area (Å²) in [5.74, 6) is 0.919. The van der Waals surface area contributed by atoms with Crippen LogP contribution in [-0.4, -0.2) is 35.3 Å². The van der Waals surface area contributed by atoms with Gasteiger partial charge in [-0.2, -0.15) is 0 Å². The molecule has 0 aliphatic heterocycles. The third kappa shape index (κ3) is 6.01. The van der Waals surface area contributed by atoms with Gasteiger partial charge in [0, 0.05) is 12.1 Å². The van der Waals surface area contributed by atoms with Gasteiger partial charge in [0.1, 0.15) is 6.04 Å². The normalized spacial score (nSPS) is 18.6. The van der Waals surface area contributed by atoms with E-state index >= 15 is 0 Å². The van der Waals surface area contributed by atoms with Gasteiger partial charge in [0.25, 0.3) is 0 Å². The first-order valence-electron chi connectivity index (χ1n) is 11.8. The Morgan fingerprint density at radius 2 is 1.68 bits per heavy atom. The standard InChI is InChI=1S/C26H30N4O4/c1-2-33-25(31)21-15-13-18(14-16-21)17-27-26(32)28-22(19-9-5-3-6-10-19)24-30-29-23(34-24)20-11-7-4-8-12-20/h3-12,18,21-22H,2,13-17H2,1H3,(H2,27,28,32). The molecule has 8 nitrogen and oxygen atoms in total. The fourth-order valence-corrected chi connectivity index (χ4v) is 4.26. The molecule has 178 valence electrons. The van der Waals surface area contributed by atoms with Gasteiger partial charge in [0.05, 0.1) is 12.5 Å². The number of ether oxygens (including phenoxy) is 1. The molecule has 2 N–H and O–H groups in total. The van der Waals surface area contributed by atoms with Crippen LogP contribution in [0.4, 0.5) is 4.79 Å². The van der Waals surface area contributed by atoms with Crippen LogP contribution in [0.1, 0.15) is 50.1 Å². The lowest BCUT2D eigenvalue weighted by atomic mass is 9.82. The highest BCUT2D eigenvalue weighted by Gasteiger charge is 2.28. The zero-order valence-corrected chi connectivity index (χ0v) is 19.3. The lowest BCUT2D eigenvalue weighted by Crippen LogP contribution is -2.41. The fraction of sp³-hybridized carbons (Fsp3) is 0.385. The number of urea groups is 1. The largest absolute Gasteiger partial charge is 0.466 e. The Morgan fingerprint density at radius 1 is 1.00 bits per heavy atom. The summed E-state index contributed by atoms with van der Waals surface area (Å²) in [6, 6.07) is 18.2. The number of nitrogens with zero attached hydrogens (tertiary/aromatic N) is 2. The maximum absolute atomic E-state index is 12.8. The van der Waals surface area contributed by atoms with E-state index in [0.717, 1.165) is 36.8 Å². The van der Waals surface area contributed by atoms with E-state index in [2.05, 4.69) is 20.8 Å². The molecule has 0 spiro atoms. The van der Waals surface area contributed by atoms with E-state index in [-0.39, 0.29) is 17.9 Å². The van der Waals surface area contributed by atoms with Gasteiger partial charge in [-0.05, 0) is 56.2 Å². The topological polar surface area (TPSA) is 106 Å². The van der Waals surface area contributed by atoms with Gasteiger partial charge in [0.2, 0.25) is 11.8 Å². The number of esters is 1. The van der Waals surface area contributed by atoms with Crippen molar-refractivity contribution in [1.82, 2.24) is 20.8 Å².